The molecule has 1 aromatic heterocycles. The largest absolute Gasteiger partial charge is 0.302 e. The number of anilines is 1. The number of hydrogen-bond acceptors (Lipinski definition) is 5. The SMILES string of the molecule is CC(=O)Nc1nc(CN2CCN(Cc3ccc(Cl)cc3)CC2)cs1. The van der Waals surface area contributed by atoms with Crippen molar-refractivity contribution in [2.45, 2.75) is 20.0 Å². The van der Waals surface area contributed by atoms with E-state index in [1.54, 1.807) is 0 Å². The zero-order chi connectivity index (χ0) is 16.9. The number of nitrogens with zero attached hydrogens (tertiary/aromatic N) is 3. The number of carbonyl (C=O) groups excluding carboxylic acids is 1. The molecule has 1 fully saturated rings. The van der Waals surface area contributed by atoms with Gasteiger partial charge in [0, 0.05) is 56.6 Å². The van der Waals surface area contributed by atoms with Gasteiger partial charge in [0.25, 0.3) is 0 Å². The van der Waals surface area contributed by atoms with E-state index < -0.39 is 0 Å². The van der Waals surface area contributed by atoms with Crippen LogP contribution in [0.4, 0.5) is 5.13 Å². The van der Waals surface area contributed by atoms with Crippen LogP contribution in [-0.4, -0.2) is 46.9 Å². The van der Waals surface area contributed by atoms with Crippen molar-refractivity contribution >= 4 is 34.0 Å². The van der Waals surface area contributed by atoms with Crippen molar-refractivity contribution in [3.8, 4) is 0 Å². The molecule has 0 saturated carbocycles. The van der Waals surface area contributed by atoms with Crippen molar-refractivity contribution in [3.05, 3.63) is 45.9 Å². The Kier molecular flexibility index (Phi) is 5.84. The number of rotatable bonds is 5. The predicted octanol–water partition coefficient (Wildman–Crippen LogP) is 3.07. The standard InChI is InChI=1S/C17H21ClN4OS/c1-13(23)19-17-20-16(12-24-17)11-22-8-6-21(7-9-22)10-14-2-4-15(18)5-3-14/h2-5,12H,6-11H2,1H3,(H,19,20,23). The summed E-state index contributed by atoms with van der Waals surface area (Å²) < 4.78 is 0. The number of hydrogen-bond donors (Lipinski definition) is 1. The van der Waals surface area contributed by atoms with Crippen LogP contribution in [0.1, 0.15) is 18.2 Å². The average molecular weight is 365 g/mol. The predicted molar refractivity (Wildman–Crippen MR) is 98.4 cm³/mol. The highest BCUT2D eigenvalue weighted by Crippen LogP contribution is 2.18. The van der Waals surface area contributed by atoms with Crippen LogP contribution in [0.3, 0.4) is 0 Å². The Morgan fingerprint density at radius 1 is 1.17 bits per heavy atom. The molecule has 7 heteroatoms. The molecule has 3 rings (SSSR count). The summed E-state index contributed by atoms with van der Waals surface area (Å²) in [7, 11) is 0. The molecule has 0 radical (unpaired) electrons. The van der Waals surface area contributed by atoms with Crippen molar-refractivity contribution in [3.63, 3.8) is 0 Å². The Morgan fingerprint density at radius 2 is 1.79 bits per heavy atom. The first-order valence-corrected chi connectivity index (χ1v) is 9.25. The summed E-state index contributed by atoms with van der Waals surface area (Å²) in [5, 5.41) is 6.21. The van der Waals surface area contributed by atoms with Gasteiger partial charge in [-0.3, -0.25) is 14.6 Å². The molecule has 5 nitrogen and oxygen atoms in total. The number of piperazine rings is 1. The van der Waals surface area contributed by atoms with Gasteiger partial charge in [-0.05, 0) is 17.7 Å². The van der Waals surface area contributed by atoms with Gasteiger partial charge in [0.2, 0.25) is 5.91 Å². The molecule has 0 unspecified atom stereocenters. The van der Waals surface area contributed by atoms with E-state index >= 15 is 0 Å². The summed E-state index contributed by atoms with van der Waals surface area (Å²) in [6, 6.07) is 8.07. The van der Waals surface area contributed by atoms with E-state index in [0.717, 1.165) is 50.0 Å². The summed E-state index contributed by atoms with van der Waals surface area (Å²) in [6.07, 6.45) is 0. The quantitative estimate of drug-likeness (QED) is 0.885. The van der Waals surface area contributed by atoms with E-state index in [1.165, 1.54) is 23.8 Å². The number of benzene rings is 1. The lowest BCUT2D eigenvalue weighted by molar-refractivity contribution is -0.114. The van der Waals surface area contributed by atoms with Gasteiger partial charge < -0.3 is 5.32 Å². The molecular formula is C17H21ClN4OS. The average Bonchev–Trinajstić information content (AvgIpc) is 2.98. The number of nitrogens with one attached hydrogen (secondary N) is 1. The van der Waals surface area contributed by atoms with E-state index in [2.05, 4.69) is 32.2 Å². The van der Waals surface area contributed by atoms with E-state index in [-0.39, 0.29) is 5.91 Å². The van der Waals surface area contributed by atoms with Crippen LogP contribution < -0.4 is 5.32 Å². The maximum Gasteiger partial charge on any atom is 0.223 e. The Morgan fingerprint density at radius 3 is 2.42 bits per heavy atom. The molecule has 0 aliphatic carbocycles. The van der Waals surface area contributed by atoms with Crippen molar-refractivity contribution < 1.29 is 4.79 Å². The fourth-order valence-electron chi connectivity index (χ4n) is 2.77. The molecular weight excluding hydrogens is 344 g/mol. The second-order valence-electron chi connectivity index (χ2n) is 6.00. The molecule has 1 N–H and O–H groups in total. The molecule has 2 heterocycles. The monoisotopic (exact) mass is 364 g/mol. The van der Waals surface area contributed by atoms with Gasteiger partial charge in [-0.25, -0.2) is 4.98 Å². The van der Waals surface area contributed by atoms with Gasteiger partial charge in [-0.2, -0.15) is 0 Å². The van der Waals surface area contributed by atoms with Crippen LogP contribution in [0.2, 0.25) is 5.02 Å². The molecule has 1 saturated heterocycles. The first-order valence-electron chi connectivity index (χ1n) is 7.99. The molecule has 0 bridgehead atoms. The van der Waals surface area contributed by atoms with Crippen LogP contribution in [0.25, 0.3) is 0 Å². The lowest BCUT2D eigenvalue weighted by Gasteiger charge is -2.34. The molecule has 24 heavy (non-hydrogen) atoms. The Bertz CT molecular complexity index is 680. The molecule has 128 valence electrons. The van der Waals surface area contributed by atoms with Crippen LogP contribution in [0.15, 0.2) is 29.6 Å². The van der Waals surface area contributed by atoms with Crippen LogP contribution >= 0.6 is 22.9 Å². The van der Waals surface area contributed by atoms with Crippen LogP contribution in [0, 0.1) is 0 Å². The second-order valence-corrected chi connectivity index (χ2v) is 7.30. The molecule has 1 aliphatic rings. The minimum Gasteiger partial charge on any atom is -0.302 e. The zero-order valence-electron chi connectivity index (χ0n) is 13.7. The fourth-order valence-corrected chi connectivity index (χ4v) is 3.64. The minimum absolute atomic E-state index is 0.0771. The van der Waals surface area contributed by atoms with E-state index in [0.29, 0.717) is 5.13 Å². The number of halogens is 1. The second kappa shape index (κ2) is 8.07. The fraction of sp³-hybridized carbons (Fsp3) is 0.412. The van der Waals surface area contributed by atoms with Crippen LogP contribution in [-0.2, 0) is 17.9 Å². The topological polar surface area (TPSA) is 48.5 Å². The number of aromatic nitrogens is 1. The highest BCUT2D eigenvalue weighted by molar-refractivity contribution is 7.13. The smallest absolute Gasteiger partial charge is 0.223 e. The third-order valence-electron chi connectivity index (χ3n) is 4.00. The molecule has 0 spiro atoms. The van der Waals surface area contributed by atoms with E-state index in [9.17, 15) is 4.79 Å². The van der Waals surface area contributed by atoms with Gasteiger partial charge in [0.15, 0.2) is 5.13 Å². The zero-order valence-corrected chi connectivity index (χ0v) is 15.2. The van der Waals surface area contributed by atoms with Gasteiger partial charge in [0.1, 0.15) is 0 Å². The van der Waals surface area contributed by atoms with Crippen molar-refractivity contribution in [1.29, 1.82) is 0 Å². The summed E-state index contributed by atoms with van der Waals surface area (Å²) in [6.45, 7) is 7.46. The molecule has 2 aromatic rings. The summed E-state index contributed by atoms with van der Waals surface area (Å²) in [4.78, 5) is 20.4. The highest BCUT2D eigenvalue weighted by Gasteiger charge is 2.18. The van der Waals surface area contributed by atoms with Crippen molar-refractivity contribution in [2.24, 2.45) is 0 Å². The third-order valence-corrected chi connectivity index (χ3v) is 5.06. The summed E-state index contributed by atoms with van der Waals surface area (Å²) in [5.74, 6) is -0.0771. The lowest BCUT2D eigenvalue weighted by atomic mass is 10.2. The Hall–Kier alpha value is -1.47. The molecule has 1 aromatic carbocycles. The van der Waals surface area contributed by atoms with E-state index in [4.69, 9.17) is 11.6 Å². The van der Waals surface area contributed by atoms with Gasteiger partial charge in [0.05, 0.1) is 5.69 Å². The minimum atomic E-state index is -0.0771. The normalized spacial score (nSPS) is 16.2. The van der Waals surface area contributed by atoms with E-state index in [1.807, 2.05) is 17.5 Å². The maximum atomic E-state index is 11.0. The lowest BCUT2D eigenvalue weighted by Crippen LogP contribution is -2.45. The van der Waals surface area contributed by atoms with Crippen LogP contribution in [0.5, 0.6) is 0 Å². The Balaban J connectivity index is 1.45. The first-order chi connectivity index (χ1) is 11.6. The van der Waals surface area contributed by atoms with Crippen molar-refractivity contribution in [2.75, 3.05) is 31.5 Å². The molecule has 1 aliphatic heterocycles. The third kappa shape index (κ3) is 5.01. The number of thiazole rings is 1. The number of carbonyl (C=O) groups is 1. The van der Waals surface area contributed by atoms with Gasteiger partial charge in [-0.15, -0.1) is 11.3 Å². The van der Waals surface area contributed by atoms with Crippen molar-refractivity contribution in [1.82, 2.24) is 14.8 Å². The maximum absolute atomic E-state index is 11.0. The Labute approximate surface area is 151 Å². The first kappa shape index (κ1) is 17.4. The summed E-state index contributed by atoms with van der Waals surface area (Å²) >= 11 is 7.41. The van der Waals surface area contributed by atoms with Gasteiger partial charge in [-0.1, -0.05) is 23.7 Å². The molecule has 1 amide bonds. The van der Waals surface area contributed by atoms with Gasteiger partial charge >= 0.3 is 0 Å². The molecule has 0 atom stereocenters. The number of amides is 1. The summed E-state index contributed by atoms with van der Waals surface area (Å²) in [5.41, 5.74) is 2.32. The highest BCUT2D eigenvalue weighted by atomic mass is 35.5.